The zero-order valence-corrected chi connectivity index (χ0v) is 42.5. The topological polar surface area (TPSA) is 123 Å². The SMILES string of the molecule is CCCCCCc1nc(-n2cnc3cc(C)ccc32)c(CCCCCC)nc1-n1cnc2cc(C)ccc21.CCCc1nc(-n2cnc3cc(C)ccc32)c(CCC)nc1-n1cnc2cc(C)ccc21. The Morgan fingerprint density at radius 2 is 0.586 bits per heavy atom. The van der Waals surface area contributed by atoms with Crippen LogP contribution in [-0.4, -0.2) is 58.1 Å². The van der Waals surface area contributed by atoms with Crippen molar-refractivity contribution < 1.29 is 0 Å². The van der Waals surface area contributed by atoms with Crippen LogP contribution in [0.4, 0.5) is 0 Å². The van der Waals surface area contributed by atoms with E-state index in [9.17, 15) is 0 Å². The number of fused-ring (bicyclic) bond motifs is 4. The molecule has 0 atom stereocenters. The highest BCUT2D eigenvalue weighted by atomic mass is 15.2. The van der Waals surface area contributed by atoms with Gasteiger partial charge in [0.2, 0.25) is 0 Å². The number of benzene rings is 4. The van der Waals surface area contributed by atoms with E-state index in [1.807, 2.05) is 25.3 Å². The van der Waals surface area contributed by atoms with Crippen LogP contribution < -0.4 is 0 Å². The van der Waals surface area contributed by atoms with Crippen molar-refractivity contribution in [2.24, 2.45) is 0 Å². The maximum Gasteiger partial charge on any atom is 0.160 e. The summed E-state index contributed by atoms with van der Waals surface area (Å²) in [6.45, 7) is 17.3. The summed E-state index contributed by atoms with van der Waals surface area (Å²) in [6.07, 6.45) is 22.5. The van der Waals surface area contributed by atoms with E-state index in [4.69, 9.17) is 29.9 Å². The second-order valence-corrected chi connectivity index (χ2v) is 19.1. The van der Waals surface area contributed by atoms with Crippen LogP contribution in [0, 0.1) is 27.7 Å². The zero-order chi connectivity index (χ0) is 48.7. The van der Waals surface area contributed by atoms with Gasteiger partial charge in [0.15, 0.2) is 23.3 Å². The van der Waals surface area contributed by atoms with Crippen LogP contribution >= 0.6 is 0 Å². The molecule has 0 saturated heterocycles. The molecule has 0 saturated carbocycles. The minimum absolute atomic E-state index is 0.846. The average Bonchev–Trinajstić information content (AvgIpc) is 4.17. The third kappa shape index (κ3) is 10.1. The molecular formula is C58H68N12. The van der Waals surface area contributed by atoms with E-state index in [0.29, 0.717) is 0 Å². The van der Waals surface area contributed by atoms with Gasteiger partial charge in [-0.25, -0.2) is 39.9 Å². The van der Waals surface area contributed by atoms with Gasteiger partial charge in [0.25, 0.3) is 0 Å². The van der Waals surface area contributed by atoms with Crippen molar-refractivity contribution in [2.75, 3.05) is 0 Å². The Hall–Kier alpha value is -7.08. The third-order valence-corrected chi connectivity index (χ3v) is 13.2. The highest BCUT2D eigenvalue weighted by molar-refractivity contribution is 5.81. The number of hydrogen-bond donors (Lipinski definition) is 0. The molecular weight excluding hydrogens is 865 g/mol. The Bertz CT molecular complexity index is 3180. The van der Waals surface area contributed by atoms with Gasteiger partial charge in [0.1, 0.15) is 25.3 Å². The molecule has 10 aromatic rings. The van der Waals surface area contributed by atoms with Gasteiger partial charge in [-0.3, -0.25) is 18.3 Å². The van der Waals surface area contributed by atoms with Crippen molar-refractivity contribution >= 4 is 44.1 Å². The number of nitrogens with zero attached hydrogens (tertiary/aromatic N) is 12. The maximum absolute atomic E-state index is 5.38. The molecule has 0 fully saturated rings. The standard InChI is InChI=1S/C32H40N6.C26H28N6/c1-5-7-9-11-13-25-31(37-21-33-27-19-23(3)15-17-29(27)37)36-26(14-12-10-8-6-2)32(35-25)38-22-34-28-20-24(4)16-18-30(28)38;1-5-7-19-25(31-15-27-21-13-17(3)9-11-23(21)31)30-20(8-6-2)26(29-19)32-16-28-22-14-18(4)10-12-24(22)32/h15-22H,5-14H2,1-4H3;9-16H,5-8H2,1-4H3. The van der Waals surface area contributed by atoms with Crippen molar-refractivity contribution in [1.29, 1.82) is 0 Å². The van der Waals surface area contributed by atoms with Gasteiger partial charge < -0.3 is 0 Å². The molecule has 12 nitrogen and oxygen atoms in total. The normalized spacial score (nSPS) is 11.7. The summed E-state index contributed by atoms with van der Waals surface area (Å²) < 4.78 is 8.47. The van der Waals surface area contributed by atoms with Crippen molar-refractivity contribution in [3.05, 3.63) is 143 Å². The molecule has 70 heavy (non-hydrogen) atoms. The molecule has 0 bridgehead atoms. The lowest BCUT2D eigenvalue weighted by Crippen LogP contribution is -2.13. The highest BCUT2D eigenvalue weighted by Gasteiger charge is 2.22. The van der Waals surface area contributed by atoms with Crippen LogP contribution in [0.5, 0.6) is 0 Å². The molecule has 0 aliphatic carbocycles. The van der Waals surface area contributed by atoms with Crippen LogP contribution in [0.1, 0.15) is 137 Å². The van der Waals surface area contributed by atoms with E-state index < -0.39 is 0 Å². The fraction of sp³-hybridized carbons (Fsp3) is 0.379. The molecule has 0 aliphatic rings. The van der Waals surface area contributed by atoms with Gasteiger partial charge in [0, 0.05) is 0 Å². The molecule has 360 valence electrons. The second kappa shape index (κ2) is 21.7. The zero-order valence-electron chi connectivity index (χ0n) is 42.5. The van der Waals surface area contributed by atoms with E-state index in [2.05, 4.69) is 156 Å². The molecule has 0 N–H and O–H groups in total. The summed E-state index contributed by atoms with van der Waals surface area (Å²) >= 11 is 0. The lowest BCUT2D eigenvalue weighted by Gasteiger charge is -2.17. The Kier molecular flexibility index (Phi) is 14.9. The summed E-state index contributed by atoms with van der Waals surface area (Å²) in [6, 6.07) is 25.6. The van der Waals surface area contributed by atoms with E-state index in [1.54, 1.807) is 0 Å². The number of aryl methyl sites for hydroxylation is 8. The Morgan fingerprint density at radius 3 is 0.843 bits per heavy atom. The van der Waals surface area contributed by atoms with E-state index in [0.717, 1.165) is 142 Å². The highest BCUT2D eigenvalue weighted by Crippen LogP contribution is 2.29. The first-order valence-electron chi connectivity index (χ1n) is 25.7. The quantitative estimate of drug-likeness (QED) is 0.0780. The van der Waals surface area contributed by atoms with Gasteiger partial charge in [0.05, 0.1) is 66.9 Å². The first-order valence-corrected chi connectivity index (χ1v) is 25.7. The summed E-state index contributed by atoms with van der Waals surface area (Å²) in [7, 11) is 0. The van der Waals surface area contributed by atoms with Gasteiger partial charge in [-0.1, -0.05) is 103 Å². The molecule has 0 amide bonds. The Labute approximate surface area is 412 Å². The molecule has 12 heteroatoms. The monoisotopic (exact) mass is 933 g/mol. The van der Waals surface area contributed by atoms with Crippen LogP contribution in [0.3, 0.4) is 0 Å². The van der Waals surface area contributed by atoms with Gasteiger partial charge in [-0.2, -0.15) is 0 Å². The molecule has 6 aromatic heterocycles. The maximum atomic E-state index is 5.38. The fourth-order valence-electron chi connectivity index (χ4n) is 9.49. The van der Waals surface area contributed by atoms with Gasteiger partial charge >= 0.3 is 0 Å². The van der Waals surface area contributed by atoms with Gasteiger partial charge in [-0.05, 0) is 137 Å². The minimum atomic E-state index is 0.846. The minimum Gasteiger partial charge on any atom is -0.281 e. The average molecular weight is 933 g/mol. The number of imidazole rings is 4. The second-order valence-electron chi connectivity index (χ2n) is 19.1. The van der Waals surface area contributed by atoms with E-state index >= 15 is 0 Å². The molecule has 0 aliphatic heterocycles. The van der Waals surface area contributed by atoms with Crippen LogP contribution in [-0.2, 0) is 25.7 Å². The molecule has 0 radical (unpaired) electrons. The van der Waals surface area contributed by atoms with Crippen molar-refractivity contribution in [2.45, 2.75) is 145 Å². The van der Waals surface area contributed by atoms with Crippen LogP contribution in [0.2, 0.25) is 0 Å². The molecule has 0 unspecified atom stereocenters. The van der Waals surface area contributed by atoms with Crippen molar-refractivity contribution in [3.8, 4) is 23.3 Å². The van der Waals surface area contributed by atoms with Gasteiger partial charge in [-0.15, -0.1) is 0 Å². The largest absolute Gasteiger partial charge is 0.281 e. The lowest BCUT2D eigenvalue weighted by molar-refractivity contribution is 0.644. The lowest BCUT2D eigenvalue weighted by atomic mass is 10.1. The predicted molar refractivity (Wildman–Crippen MR) is 285 cm³/mol. The van der Waals surface area contributed by atoms with Crippen LogP contribution in [0.15, 0.2) is 98.1 Å². The predicted octanol–water partition coefficient (Wildman–Crippen LogP) is 13.7. The number of unbranched alkanes of at least 4 members (excludes halogenated alkanes) is 6. The molecule has 0 spiro atoms. The third-order valence-electron chi connectivity index (χ3n) is 13.2. The smallest absolute Gasteiger partial charge is 0.160 e. The number of aromatic nitrogens is 12. The Morgan fingerprint density at radius 1 is 0.314 bits per heavy atom. The van der Waals surface area contributed by atoms with E-state index in [-0.39, 0.29) is 0 Å². The summed E-state index contributed by atoms with van der Waals surface area (Å²) in [5.41, 5.74) is 17.1. The summed E-state index contributed by atoms with van der Waals surface area (Å²) in [5.74, 6) is 3.60. The Balaban J connectivity index is 0.000000176. The summed E-state index contributed by atoms with van der Waals surface area (Å²) in [4.78, 5) is 39.8. The summed E-state index contributed by atoms with van der Waals surface area (Å²) in [5, 5.41) is 0. The number of hydrogen-bond acceptors (Lipinski definition) is 8. The number of rotatable bonds is 18. The van der Waals surface area contributed by atoms with Crippen molar-refractivity contribution in [1.82, 2.24) is 58.1 Å². The molecule has 10 rings (SSSR count). The van der Waals surface area contributed by atoms with Crippen LogP contribution in [0.25, 0.3) is 67.4 Å². The van der Waals surface area contributed by atoms with E-state index in [1.165, 1.54) is 60.8 Å². The fourth-order valence-corrected chi connectivity index (χ4v) is 9.49. The first-order chi connectivity index (χ1) is 34.2. The van der Waals surface area contributed by atoms with Crippen molar-refractivity contribution in [3.63, 3.8) is 0 Å². The molecule has 4 aromatic carbocycles. The molecule has 6 heterocycles. The first kappa shape index (κ1) is 48.0.